The first-order valence-electron chi connectivity index (χ1n) is 8.47. The highest BCUT2D eigenvalue weighted by atomic mass is 127. The normalized spacial score (nSPS) is 27.2. The van der Waals surface area contributed by atoms with Crippen molar-refractivity contribution < 1.29 is 41.9 Å². The van der Waals surface area contributed by atoms with Gasteiger partial charge in [0.15, 0.2) is 6.10 Å². The zero-order valence-electron chi connectivity index (χ0n) is 13.9. The molecule has 2 N–H and O–H groups in total. The molecule has 0 unspecified atom stereocenters. The second kappa shape index (κ2) is 6.85. The third-order valence-corrected chi connectivity index (χ3v) is 5.78. The number of aromatic nitrogens is 3. The third kappa shape index (κ3) is 3.19. The average Bonchev–Trinajstić information content (AvgIpc) is 3.33. The van der Waals surface area contributed by atoms with Gasteiger partial charge in [0, 0.05) is 17.3 Å². The monoisotopic (exact) mass is 499 g/mol. The van der Waals surface area contributed by atoms with Gasteiger partial charge in [-0.25, -0.2) is 0 Å². The SMILES string of the molecule is O[C@@H]1CO[C@H]2[C@@H]1OC[C@H]2Oc1nc2cc(-c3ccc([I-])nc3)c(Cl)cc2[nH]1. The molecule has 0 saturated carbocycles. The maximum absolute atomic E-state index is 9.83. The van der Waals surface area contributed by atoms with Crippen LogP contribution in [0.15, 0.2) is 30.5 Å². The van der Waals surface area contributed by atoms with Gasteiger partial charge < -0.3 is 46.9 Å². The molecule has 2 aliphatic heterocycles. The van der Waals surface area contributed by atoms with E-state index in [1.54, 1.807) is 6.20 Å². The number of nitrogens with one attached hydrogen (secondary N) is 1. The van der Waals surface area contributed by atoms with E-state index in [2.05, 4.69) is 37.5 Å². The number of nitrogens with zero attached hydrogens (tertiary/aromatic N) is 2. The van der Waals surface area contributed by atoms with E-state index in [0.29, 0.717) is 17.6 Å². The van der Waals surface area contributed by atoms with Gasteiger partial charge in [-0.2, -0.15) is 4.98 Å². The molecule has 4 heterocycles. The summed E-state index contributed by atoms with van der Waals surface area (Å²) in [6, 6.07) is 8.02. The Hall–Kier alpha value is -1.46. The average molecular weight is 500 g/mol. The van der Waals surface area contributed by atoms with Crippen LogP contribution in [0.3, 0.4) is 0 Å². The van der Waals surface area contributed by atoms with Crippen molar-refractivity contribution in [2.45, 2.75) is 24.4 Å². The summed E-state index contributed by atoms with van der Waals surface area (Å²) in [5.74, 6) is 0. The number of ether oxygens (including phenoxy) is 3. The van der Waals surface area contributed by atoms with Crippen molar-refractivity contribution in [3.63, 3.8) is 0 Å². The predicted molar refractivity (Wildman–Crippen MR) is 92.9 cm³/mol. The molecule has 2 saturated heterocycles. The molecule has 3 aromatic rings. The Morgan fingerprint density at radius 3 is 2.89 bits per heavy atom. The van der Waals surface area contributed by atoms with E-state index in [0.717, 1.165) is 25.9 Å². The highest BCUT2D eigenvalue weighted by molar-refractivity contribution is 6.34. The number of aliphatic hydroxyl groups excluding tert-OH is 1. The van der Waals surface area contributed by atoms with Crippen molar-refractivity contribution in [2.24, 2.45) is 0 Å². The van der Waals surface area contributed by atoms with Crippen molar-refractivity contribution >= 4 is 22.6 Å². The number of pyridine rings is 1. The van der Waals surface area contributed by atoms with Gasteiger partial charge in [-0.1, -0.05) is 23.7 Å². The molecule has 4 atom stereocenters. The van der Waals surface area contributed by atoms with Crippen molar-refractivity contribution in [2.75, 3.05) is 13.2 Å². The van der Waals surface area contributed by atoms with Gasteiger partial charge in [0.05, 0.1) is 29.3 Å². The van der Waals surface area contributed by atoms with Crippen LogP contribution in [-0.2, 0) is 9.47 Å². The Bertz CT molecular complexity index is 996. The highest BCUT2D eigenvalue weighted by Gasteiger charge is 2.48. The van der Waals surface area contributed by atoms with E-state index in [9.17, 15) is 5.11 Å². The maximum atomic E-state index is 9.83. The second-order valence-electron chi connectivity index (χ2n) is 6.58. The summed E-state index contributed by atoms with van der Waals surface area (Å²) in [6.07, 6.45) is 0.239. The molecule has 7 nitrogen and oxygen atoms in total. The van der Waals surface area contributed by atoms with Crippen LogP contribution in [0.5, 0.6) is 6.01 Å². The number of H-pyrrole nitrogens is 1. The molecule has 0 bridgehead atoms. The van der Waals surface area contributed by atoms with Crippen LogP contribution in [0.1, 0.15) is 0 Å². The van der Waals surface area contributed by atoms with Crippen LogP contribution in [-0.4, -0.2) is 57.7 Å². The third-order valence-electron chi connectivity index (χ3n) is 4.83. The van der Waals surface area contributed by atoms with E-state index in [1.807, 2.05) is 24.3 Å². The largest absolute Gasteiger partial charge is 0.736 e. The molecule has 1 radical (unpaired) electrons. The van der Waals surface area contributed by atoms with Crippen LogP contribution < -0.4 is 27.3 Å². The maximum Gasteiger partial charge on any atom is 0.295 e. The van der Waals surface area contributed by atoms with Crippen LogP contribution in [0.25, 0.3) is 22.2 Å². The minimum atomic E-state index is -0.608. The molecule has 2 aliphatic rings. The van der Waals surface area contributed by atoms with Gasteiger partial charge in [0.1, 0.15) is 18.3 Å². The zero-order valence-corrected chi connectivity index (χ0v) is 16.8. The molecule has 0 aliphatic carbocycles. The Labute approximate surface area is 173 Å². The number of fused-ring (bicyclic) bond motifs is 2. The lowest BCUT2D eigenvalue weighted by Crippen LogP contribution is -3.34. The molecule has 27 heavy (non-hydrogen) atoms. The van der Waals surface area contributed by atoms with Gasteiger partial charge in [0.2, 0.25) is 0 Å². The quantitative estimate of drug-likeness (QED) is 0.352. The molecular weight excluding hydrogens is 485 g/mol. The second-order valence-corrected chi connectivity index (χ2v) is 8.09. The summed E-state index contributed by atoms with van der Waals surface area (Å²) in [6.45, 7) is 0.613. The van der Waals surface area contributed by atoms with Crippen LogP contribution >= 0.6 is 11.6 Å². The van der Waals surface area contributed by atoms with Gasteiger partial charge in [0.25, 0.3) is 6.01 Å². The van der Waals surface area contributed by atoms with E-state index in [1.165, 1.54) is 0 Å². The molecule has 5 rings (SSSR count). The van der Waals surface area contributed by atoms with Crippen LogP contribution in [0.2, 0.25) is 5.02 Å². The lowest BCUT2D eigenvalue weighted by Gasteiger charge is -2.15. The van der Waals surface area contributed by atoms with E-state index < -0.39 is 6.10 Å². The predicted octanol–water partition coefficient (Wildman–Crippen LogP) is -1.09. The van der Waals surface area contributed by atoms with Gasteiger partial charge in [-0.05, 0) is 12.1 Å². The van der Waals surface area contributed by atoms with Crippen LogP contribution in [0.4, 0.5) is 0 Å². The molecule has 1 aromatic carbocycles. The Morgan fingerprint density at radius 1 is 1.22 bits per heavy atom. The number of halogens is 2. The summed E-state index contributed by atoms with van der Waals surface area (Å²) < 4.78 is 18.0. The fraction of sp³-hybridized carbons (Fsp3) is 0.333. The Morgan fingerprint density at radius 2 is 2.07 bits per heavy atom. The van der Waals surface area contributed by atoms with Gasteiger partial charge in [-0.15, -0.1) is 3.70 Å². The van der Waals surface area contributed by atoms with Crippen molar-refractivity contribution in [3.8, 4) is 17.1 Å². The molecule has 0 amide bonds. The summed E-state index contributed by atoms with van der Waals surface area (Å²) in [4.78, 5) is 12.0. The van der Waals surface area contributed by atoms with Crippen molar-refractivity contribution in [3.05, 3.63) is 39.2 Å². The summed E-state index contributed by atoms with van der Waals surface area (Å²) in [5, 5.41) is 10.4. The number of hydrogen-bond acceptors (Lipinski definition) is 6. The van der Waals surface area contributed by atoms with Crippen molar-refractivity contribution in [1.29, 1.82) is 0 Å². The molecule has 9 heteroatoms. The summed E-state index contributed by atoms with van der Waals surface area (Å²) in [5.41, 5.74) is 3.30. The number of aromatic amines is 1. The Balaban J connectivity index is 1.43. The first-order valence-corrected chi connectivity index (χ1v) is 9.93. The van der Waals surface area contributed by atoms with Gasteiger partial charge >= 0.3 is 0 Å². The summed E-state index contributed by atoms with van der Waals surface area (Å²) >= 11 is 8.62. The topological polar surface area (TPSA) is 89.5 Å². The van der Waals surface area contributed by atoms with Gasteiger partial charge in [-0.3, -0.25) is 4.98 Å². The molecule has 141 valence electrons. The van der Waals surface area contributed by atoms with E-state index in [-0.39, 0.29) is 24.9 Å². The van der Waals surface area contributed by atoms with Crippen molar-refractivity contribution in [1.82, 2.24) is 15.0 Å². The fourth-order valence-corrected chi connectivity index (χ4v) is 4.10. The first kappa shape index (κ1) is 17.6. The zero-order chi connectivity index (χ0) is 18.5. The molecule has 2 aromatic heterocycles. The number of imidazole rings is 1. The molecular formula is C18H15ClIN3O4-. The summed E-state index contributed by atoms with van der Waals surface area (Å²) in [7, 11) is 0. The highest BCUT2D eigenvalue weighted by Crippen LogP contribution is 2.33. The Kier molecular flexibility index (Phi) is 4.47. The number of rotatable bonds is 3. The van der Waals surface area contributed by atoms with Crippen LogP contribution in [0, 0.1) is 3.70 Å². The van der Waals surface area contributed by atoms with E-state index >= 15 is 0 Å². The number of hydrogen-bond donors (Lipinski definition) is 2. The molecule has 2 fully saturated rings. The standard InChI is InChI=1S/C18H15ClIN3O4/c19-10-4-12-11(3-9(10)8-1-2-15(20)21-5-8)22-18(23-12)27-14-7-26-16-13(24)6-25-17(14)16/h1-5,13-14,16-17,24H,6-7H2,(H,22,23)/q-1/t13-,14-,16-,17-/m1/s1. The van der Waals surface area contributed by atoms with E-state index in [4.69, 9.17) is 25.8 Å². The number of aliphatic hydroxyl groups is 1. The number of benzene rings is 1. The lowest BCUT2D eigenvalue weighted by atomic mass is 10.1. The smallest absolute Gasteiger partial charge is 0.295 e. The fourth-order valence-electron chi connectivity index (χ4n) is 3.51. The molecule has 0 spiro atoms. The first-order chi connectivity index (χ1) is 13.1. The minimum absolute atomic E-state index is 0.262. The minimum Gasteiger partial charge on any atom is -0.736 e. The lowest BCUT2D eigenvalue weighted by molar-refractivity contribution is -0.337.